The lowest BCUT2D eigenvalue weighted by molar-refractivity contribution is 0.271. The van der Waals surface area contributed by atoms with Gasteiger partial charge in [0.15, 0.2) is 0 Å². The summed E-state index contributed by atoms with van der Waals surface area (Å²) in [5, 5.41) is 3.50. The zero-order chi connectivity index (χ0) is 9.10. The molecule has 2 fully saturated rings. The van der Waals surface area contributed by atoms with Crippen molar-refractivity contribution < 1.29 is 4.21 Å². The second kappa shape index (κ2) is 4.53. The van der Waals surface area contributed by atoms with Crippen LogP contribution in [0.4, 0.5) is 0 Å². The molecule has 0 aromatic heterocycles. The SMILES string of the molecule is O=S1CCN(C[C@H]2CCCN2)CC1. The maximum atomic E-state index is 11.1. The molecule has 0 saturated carbocycles. The molecule has 2 rings (SSSR count). The van der Waals surface area contributed by atoms with Gasteiger partial charge in [-0.2, -0.15) is 0 Å². The molecule has 4 heteroatoms. The molecule has 0 spiro atoms. The summed E-state index contributed by atoms with van der Waals surface area (Å²) in [4.78, 5) is 2.45. The van der Waals surface area contributed by atoms with E-state index in [0.717, 1.165) is 31.1 Å². The summed E-state index contributed by atoms with van der Waals surface area (Å²) in [6.45, 7) is 4.41. The molecule has 0 amide bonds. The molecule has 2 saturated heterocycles. The third-order valence-corrected chi connectivity index (χ3v) is 4.19. The van der Waals surface area contributed by atoms with Crippen LogP contribution in [0.2, 0.25) is 0 Å². The molecule has 2 aliphatic heterocycles. The predicted molar refractivity (Wildman–Crippen MR) is 55.3 cm³/mol. The van der Waals surface area contributed by atoms with Gasteiger partial charge in [0, 0.05) is 48.0 Å². The smallest absolute Gasteiger partial charge is 0.0363 e. The van der Waals surface area contributed by atoms with Gasteiger partial charge in [-0.25, -0.2) is 0 Å². The summed E-state index contributed by atoms with van der Waals surface area (Å²) in [6.07, 6.45) is 2.64. The molecular weight excluding hydrogens is 184 g/mol. The third kappa shape index (κ3) is 2.76. The van der Waals surface area contributed by atoms with E-state index in [1.165, 1.54) is 19.4 Å². The summed E-state index contributed by atoms with van der Waals surface area (Å²) in [6, 6.07) is 0.700. The Morgan fingerprint density at radius 2 is 2.15 bits per heavy atom. The van der Waals surface area contributed by atoms with E-state index >= 15 is 0 Å². The fourth-order valence-corrected chi connectivity index (χ4v) is 3.21. The van der Waals surface area contributed by atoms with Crippen LogP contribution in [0.3, 0.4) is 0 Å². The number of hydrogen-bond donors (Lipinski definition) is 1. The van der Waals surface area contributed by atoms with Crippen LogP contribution in [-0.2, 0) is 10.8 Å². The van der Waals surface area contributed by atoms with Crippen LogP contribution in [0, 0.1) is 0 Å². The second-order valence-electron chi connectivity index (χ2n) is 3.94. The van der Waals surface area contributed by atoms with Crippen molar-refractivity contribution in [1.82, 2.24) is 10.2 Å². The molecule has 0 aliphatic carbocycles. The molecule has 1 atom stereocenters. The Bertz CT molecular complexity index is 182. The van der Waals surface area contributed by atoms with Crippen molar-refractivity contribution in [3.05, 3.63) is 0 Å². The fourth-order valence-electron chi connectivity index (χ4n) is 2.08. The van der Waals surface area contributed by atoms with Crippen molar-refractivity contribution in [2.45, 2.75) is 18.9 Å². The van der Waals surface area contributed by atoms with Gasteiger partial charge in [0.1, 0.15) is 0 Å². The van der Waals surface area contributed by atoms with Crippen LogP contribution in [0.15, 0.2) is 0 Å². The Balaban J connectivity index is 1.72. The quantitative estimate of drug-likeness (QED) is 0.673. The van der Waals surface area contributed by atoms with Gasteiger partial charge in [-0.05, 0) is 19.4 Å². The second-order valence-corrected chi connectivity index (χ2v) is 5.64. The molecule has 13 heavy (non-hydrogen) atoms. The summed E-state index contributed by atoms with van der Waals surface area (Å²) >= 11 is 0. The maximum Gasteiger partial charge on any atom is 0.0363 e. The highest BCUT2D eigenvalue weighted by Gasteiger charge is 2.20. The summed E-state index contributed by atoms with van der Waals surface area (Å²) in [5.41, 5.74) is 0. The highest BCUT2D eigenvalue weighted by atomic mass is 32.2. The van der Waals surface area contributed by atoms with Crippen molar-refractivity contribution in [1.29, 1.82) is 0 Å². The molecule has 3 nitrogen and oxygen atoms in total. The fraction of sp³-hybridized carbons (Fsp3) is 1.00. The van der Waals surface area contributed by atoms with Gasteiger partial charge in [0.25, 0.3) is 0 Å². The first-order valence-corrected chi connectivity index (χ1v) is 6.64. The zero-order valence-electron chi connectivity index (χ0n) is 8.00. The average Bonchev–Trinajstić information content (AvgIpc) is 2.62. The first-order chi connectivity index (χ1) is 6.34. The van der Waals surface area contributed by atoms with Crippen molar-refractivity contribution in [3.8, 4) is 0 Å². The average molecular weight is 202 g/mol. The molecule has 0 aromatic carbocycles. The largest absolute Gasteiger partial charge is 0.313 e. The van der Waals surface area contributed by atoms with Crippen molar-refractivity contribution in [3.63, 3.8) is 0 Å². The highest BCUT2D eigenvalue weighted by molar-refractivity contribution is 7.85. The van der Waals surface area contributed by atoms with Crippen LogP contribution < -0.4 is 5.32 Å². The molecule has 2 aliphatic rings. The van der Waals surface area contributed by atoms with Gasteiger partial charge in [0.05, 0.1) is 0 Å². The van der Waals surface area contributed by atoms with Crippen LogP contribution in [0.1, 0.15) is 12.8 Å². The normalized spacial score (nSPS) is 32.5. The molecule has 0 aromatic rings. The number of nitrogens with one attached hydrogen (secondary N) is 1. The highest BCUT2D eigenvalue weighted by Crippen LogP contribution is 2.08. The molecule has 1 N–H and O–H groups in total. The topological polar surface area (TPSA) is 32.3 Å². The van der Waals surface area contributed by atoms with E-state index in [1.807, 2.05) is 0 Å². The van der Waals surface area contributed by atoms with Crippen molar-refractivity contribution in [2.75, 3.05) is 37.7 Å². The lowest BCUT2D eigenvalue weighted by Crippen LogP contribution is -2.44. The first-order valence-electron chi connectivity index (χ1n) is 5.15. The number of hydrogen-bond acceptors (Lipinski definition) is 3. The third-order valence-electron chi connectivity index (χ3n) is 2.91. The van der Waals surface area contributed by atoms with Crippen LogP contribution in [0.5, 0.6) is 0 Å². The molecule has 2 heterocycles. The van der Waals surface area contributed by atoms with Crippen molar-refractivity contribution >= 4 is 10.8 Å². The Morgan fingerprint density at radius 1 is 1.38 bits per heavy atom. The Morgan fingerprint density at radius 3 is 2.77 bits per heavy atom. The van der Waals surface area contributed by atoms with Crippen molar-refractivity contribution in [2.24, 2.45) is 0 Å². The van der Waals surface area contributed by atoms with Gasteiger partial charge < -0.3 is 5.32 Å². The Hall–Kier alpha value is 0.0700. The van der Waals surface area contributed by atoms with Gasteiger partial charge in [-0.1, -0.05) is 0 Å². The number of rotatable bonds is 2. The molecule has 0 bridgehead atoms. The van der Waals surface area contributed by atoms with Gasteiger partial charge in [-0.15, -0.1) is 0 Å². The van der Waals surface area contributed by atoms with Crippen LogP contribution in [0.25, 0.3) is 0 Å². The lowest BCUT2D eigenvalue weighted by atomic mass is 10.2. The summed E-state index contributed by atoms with van der Waals surface area (Å²) < 4.78 is 11.1. The van der Waals surface area contributed by atoms with E-state index in [4.69, 9.17) is 0 Å². The van der Waals surface area contributed by atoms with Gasteiger partial charge >= 0.3 is 0 Å². The first kappa shape index (κ1) is 9.62. The minimum atomic E-state index is -0.526. The van der Waals surface area contributed by atoms with E-state index in [2.05, 4.69) is 10.2 Å². The minimum absolute atomic E-state index is 0.526. The number of nitrogens with zero attached hydrogens (tertiary/aromatic N) is 1. The summed E-state index contributed by atoms with van der Waals surface area (Å²) in [5.74, 6) is 1.76. The molecule has 0 radical (unpaired) electrons. The molecular formula is C9H18N2OS. The Kier molecular flexibility index (Phi) is 3.35. The molecule has 76 valence electrons. The predicted octanol–water partition coefficient (Wildman–Crippen LogP) is -0.197. The zero-order valence-corrected chi connectivity index (χ0v) is 8.81. The van der Waals surface area contributed by atoms with Gasteiger partial charge in [-0.3, -0.25) is 9.11 Å². The van der Waals surface area contributed by atoms with E-state index in [9.17, 15) is 4.21 Å². The lowest BCUT2D eigenvalue weighted by Gasteiger charge is -2.28. The van der Waals surface area contributed by atoms with E-state index in [0.29, 0.717) is 6.04 Å². The summed E-state index contributed by atoms with van der Waals surface area (Å²) in [7, 11) is -0.526. The van der Waals surface area contributed by atoms with E-state index in [1.54, 1.807) is 0 Å². The van der Waals surface area contributed by atoms with Gasteiger partial charge in [0.2, 0.25) is 0 Å². The van der Waals surface area contributed by atoms with E-state index in [-0.39, 0.29) is 0 Å². The monoisotopic (exact) mass is 202 g/mol. The maximum absolute atomic E-state index is 11.1. The van der Waals surface area contributed by atoms with Crippen LogP contribution >= 0.6 is 0 Å². The minimum Gasteiger partial charge on any atom is -0.313 e. The standard InChI is InChI=1S/C9H18N2OS/c12-13-6-4-11(5-7-13)8-9-2-1-3-10-9/h9-10H,1-8H2/t9-/m1/s1. The Labute approximate surface area is 82.3 Å². The molecule has 0 unspecified atom stereocenters. The van der Waals surface area contributed by atoms with Crippen LogP contribution in [-0.4, -0.2) is 52.8 Å². The van der Waals surface area contributed by atoms with E-state index < -0.39 is 10.8 Å².